The standard InChI is InChI=1S/C19H22N2O3/c1-13-8-9-14(2)19(15(13)3)24-12-18(22)21-20-11-16-6-5-7-17(10-16)23-4/h5-11H,12H2,1-4H3,(H,21,22)/b20-11-. The topological polar surface area (TPSA) is 59.9 Å². The zero-order valence-corrected chi connectivity index (χ0v) is 14.4. The Kier molecular flexibility index (Phi) is 5.95. The number of hydrazone groups is 1. The zero-order chi connectivity index (χ0) is 17.5. The van der Waals surface area contributed by atoms with Crippen molar-refractivity contribution in [2.75, 3.05) is 13.7 Å². The first kappa shape index (κ1) is 17.5. The first-order valence-electron chi connectivity index (χ1n) is 7.67. The first-order valence-corrected chi connectivity index (χ1v) is 7.67. The number of aryl methyl sites for hydroxylation is 2. The van der Waals surface area contributed by atoms with Crippen LogP contribution in [0.2, 0.25) is 0 Å². The molecular formula is C19H22N2O3. The number of benzene rings is 2. The van der Waals surface area contributed by atoms with Crippen molar-refractivity contribution in [3.05, 3.63) is 58.7 Å². The highest BCUT2D eigenvalue weighted by Crippen LogP contribution is 2.25. The summed E-state index contributed by atoms with van der Waals surface area (Å²) in [6.45, 7) is 5.87. The van der Waals surface area contributed by atoms with Crippen LogP contribution in [0.25, 0.3) is 0 Å². The Bertz CT molecular complexity index is 754. The Labute approximate surface area is 142 Å². The monoisotopic (exact) mass is 326 g/mol. The maximum Gasteiger partial charge on any atom is 0.277 e. The normalized spacial score (nSPS) is 10.7. The van der Waals surface area contributed by atoms with E-state index in [1.165, 1.54) is 0 Å². The number of hydrogen-bond acceptors (Lipinski definition) is 4. The van der Waals surface area contributed by atoms with Gasteiger partial charge in [-0.15, -0.1) is 0 Å². The number of methoxy groups -OCH3 is 1. The number of hydrogen-bond donors (Lipinski definition) is 1. The van der Waals surface area contributed by atoms with E-state index in [1.807, 2.05) is 57.2 Å². The molecule has 0 saturated carbocycles. The summed E-state index contributed by atoms with van der Waals surface area (Å²) in [6.07, 6.45) is 1.56. The molecule has 5 nitrogen and oxygen atoms in total. The average Bonchev–Trinajstić information content (AvgIpc) is 2.58. The number of nitrogens with one attached hydrogen (secondary N) is 1. The van der Waals surface area contributed by atoms with Gasteiger partial charge in [-0.1, -0.05) is 24.3 Å². The molecule has 0 aliphatic rings. The summed E-state index contributed by atoms with van der Waals surface area (Å²) in [6, 6.07) is 11.4. The Morgan fingerprint density at radius 2 is 1.92 bits per heavy atom. The van der Waals surface area contributed by atoms with Gasteiger partial charge in [0, 0.05) is 0 Å². The van der Waals surface area contributed by atoms with Crippen molar-refractivity contribution < 1.29 is 14.3 Å². The summed E-state index contributed by atoms with van der Waals surface area (Å²) in [4.78, 5) is 11.9. The lowest BCUT2D eigenvalue weighted by Crippen LogP contribution is -2.25. The van der Waals surface area contributed by atoms with Gasteiger partial charge in [-0.2, -0.15) is 5.10 Å². The predicted molar refractivity (Wildman–Crippen MR) is 94.9 cm³/mol. The van der Waals surface area contributed by atoms with E-state index in [4.69, 9.17) is 9.47 Å². The zero-order valence-electron chi connectivity index (χ0n) is 14.4. The van der Waals surface area contributed by atoms with E-state index >= 15 is 0 Å². The Balaban J connectivity index is 1.90. The smallest absolute Gasteiger partial charge is 0.277 e. The van der Waals surface area contributed by atoms with Crippen LogP contribution < -0.4 is 14.9 Å². The Hall–Kier alpha value is -2.82. The molecule has 0 spiro atoms. The average molecular weight is 326 g/mol. The molecule has 126 valence electrons. The molecule has 1 amide bonds. The van der Waals surface area contributed by atoms with E-state index in [-0.39, 0.29) is 12.5 Å². The van der Waals surface area contributed by atoms with Crippen LogP contribution in [0.15, 0.2) is 41.5 Å². The van der Waals surface area contributed by atoms with Gasteiger partial charge in [-0.3, -0.25) is 4.79 Å². The van der Waals surface area contributed by atoms with Crippen molar-refractivity contribution in [2.45, 2.75) is 20.8 Å². The molecule has 0 aliphatic carbocycles. The van der Waals surface area contributed by atoms with Crippen molar-refractivity contribution >= 4 is 12.1 Å². The van der Waals surface area contributed by atoms with Gasteiger partial charge in [0.2, 0.25) is 0 Å². The quantitative estimate of drug-likeness (QED) is 0.655. The van der Waals surface area contributed by atoms with E-state index < -0.39 is 0 Å². The van der Waals surface area contributed by atoms with E-state index in [0.29, 0.717) is 0 Å². The van der Waals surface area contributed by atoms with E-state index in [1.54, 1.807) is 13.3 Å². The minimum absolute atomic E-state index is 0.0828. The van der Waals surface area contributed by atoms with Crippen molar-refractivity contribution in [1.82, 2.24) is 5.43 Å². The third-order valence-corrected chi connectivity index (χ3v) is 3.72. The second-order valence-electron chi connectivity index (χ2n) is 5.51. The van der Waals surface area contributed by atoms with Crippen LogP contribution in [0, 0.1) is 20.8 Å². The van der Waals surface area contributed by atoms with Gasteiger partial charge in [-0.05, 0) is 55.2 Å². The van der Waals surface area contributed by atoms with Gasteiger partial charge < -0.3 is 9.47 Å². The van der Waals surface area contributed by atoms with Crippen LogP contribution in [0.4, 0.5) is 0 Å². The highest BCUT2D eigenvalue weighted by molar-refractivity contribution is 5.83. The molecule has 0 heterocycles. The van der Waals surface area contributed by atoms with E-state index in [0.717, 1.165) is 33.8 Å². The maximum absolute atomic E-state index is 11.9. The summed E-state index contributed by atoms with van der Waals surface area (Å²) in [5.41, 5.74) is 6.47. The van der Waals surface area contributed by atoms with E-state index in [2.05, 4.69) is 10.5 Å². The van der Waals surface area contributed by atoms with Crippen LogP contribution >= 0.6 is 0 Å². The van der Waals surface area contributed by atoms with Gasteiger partial charge >= 0.3 is 0 Å². The molecule has 0 bridgehead atoms. The van der Waals surface area contributed by atoms with Gasteiger partial charge in [0.25, 0.3) is 5.91 Å². The Morgan fingerprint density at radius 3 is 2.67 bits per heavy atom. The molecule has 5 heteroatoms. The molecular weight excluding hydrogens is 304 g/mol. The van der Waals surface area contributed by atoms with Gasteiger partial charge in [0.1, 0.15) is 11.5 Å². The summed E-state index contributed by atoms with van der Waals surface area (Å²) in [5, 5.41) is 3.93. The summed E-state index contributed by atoms with van der Waals surface area (Å²) in [7, 11) is 1.60. The van der Waals surface area contributed by atoms with Crippen LogP contribution in [0.3, 0.4) is 0 Å². The molecule has 2 aromatic rings. The maximum atomic E-state index is 11.9. The Morgan fingerprint density at radius 1 is 1.17 bits per heavy atom. The van der Waals surface area contributed by atoms with E-state index in [9.17, 15) is 4.79 Å². The van der Waals surface area contributed by atoms with Crippen LogP contribution in [0.1, 0.15) is 22.3 Å². The second kappa shape index (κ2) is 8.15. The van der Waals surface area contributed by atoms with Crippen molar-refractivity contribution in [3.8, 4) is 11.5 Å². The van der Waals surface area contributed by atoms with Crippen molar-refractivity contribution in [3.63, 3.8) is 0 Å². The van der Waals surface area contributed by atoms with Crippen LogP contribution in [-0.4, -0.2) is 25.8 Å². The third-order valence-electron chi connectivity index (χ3n) is 3.72. The molecule has 0 atom stereocenters. The highest BCUT2D eigenvalue weighted by atomic mass is 16.5. The molecule has 0 aliphatic heterocycles. The lowest BCUT2D eigenvalue weighted by atomic mass is 10.1. The fraction of sp³-hybridized carbons (Fsp3) is 0.263. The highest BCUT2D eigenvalue weighted by Gasteiger charge is 2.08. The second-order valence-corrected chi connectivity index (χ2v) is 5.51. The van der Waals surface area contributed by atoms with Gasteiger partial charge in [-0.25, -0.2) is 5.43 Å². The molecule has 0 fully saturated rings. The molecule has 0 unspecified atom stereocenters. The van der Waals surface area contributed by atoms with Gasteiger partial charge in [0.15, 0.2) is 6.61 Å². The number of carbonyl (C=O) groups is 1. The SMILES string of the molecule is COc1cccc(/C=N\NC(=O)COc2c(C)ccc(C)c2C)c1. The minimum atomic E-state index is -0.311. The molecule has 2 rings (SSSR count). The number of carbonyl (C=O) groups excluding carboxylic acids is 1. The van der Waals surface area contributed by atoms with Gasteiger partial charge in [0.05, 0.1) is 13.3 Å². The molecule has 2 aromatic carbocycles. The fourth-order valence-electron chi connectivity index (χ4n) is 2.22. The molecule has 0 radical (unpaired) electrons. The van der Waals surface area contributed by atoms with Crippen LogP contribution in [0.5, 0.6) is 11.5 Å². The molecule has 1 N–H and O–H groups in total. The minimum Gasteiger partial charge on any atom is -0.497 e. The molecule has 0 aromatic heterocycles. The third kappa shape index (κ3) is 4.59. The number of nitrogens with zero attached hydrogens (tertiary/aromatic N) is 1. The fourth-order valence-corrected chi connectivity index (χ4v) is 2.22. The van der Waals surface area contributed by atoms with Crippen molar-refractivity contribution in [2.24, 2.45) is 5.10 Å². The van der Waals surface area contributed by atoms with Crippen LogP contribution in [-0.2, 0) is 4.79 Å². The lowest BCUT2D eigenvalue weighted by molar-refractivity contribution is -0.123. The summed E-state index contributed by atoms with van der Waals surface area (Å²) < 4.78 is 10.8. The summed E-state index contributed by atoms with van der Waals surface area (Å²) >= 11 is 0. The number of rotatable bonds is 6. The lowest BCUT2D eigenvalue weighted by Gasteiger charge is -2.13. The largest absolute Gasteiger partial charge is 0.497 e. The molecule has 0 saturated heterocycles. The predicted octanol–water partition coefficient (Wildman–Crippen LogP) is 3.15. The summed E-state index contributed by atoms with van der Waals surface area (Å²) in [5.74, 6) is 1.18. The first-order chi connectivity index (χ1) is 11.5. The number of amides is 1. The molecule has 24 heavy (non-hydrogen) atoms. The number of ether oxygens (including phenoxy) is 2. The van der Waals surface area contributed by atoms with Crippen molar-refractivity contribution in [1.29, 1.82) is 0 Å².